The van der Waals surface area contributed by atoms with Crippen molar-refractivity contribution in [1.29, 1.82) is 0 Å². The van der Waals surface area contributed by atoms with E-state index in [2.05, 4.69) is 120 Å². The van der Waals surface area contributed by atoms with E-state index in [0.29, 0.717) is 0 Å². The van der Waals surface area contributed by atoms with Crippen molar-refractivity contribution in [2.24, 2.45) is 12.5 Å². The number of benzene rings is 3. The van der Waals surface area contributed by atoms with Crippen LogP contribution in [0, 0.1) is 12.3 Å². The lowest BCUT2D eigenvalue weighted by Gasteiger charge is -2.24. The Morgan fingerprint density at radius 3 is 2.28 bits per heavy atom. The summed E-state index contributed by atoms with van der Waals surface area (Å²) in [6, 6.07) is 22.2. The van der Waals surface area contributed by atoms with Crippen molar-refractivity contribution in [1.82, 2.24) is 0 Å². The van der Waals surface area contributed by atoms with Gasteiger partial charge in [-0.05, 0) is 64.5 Å². The highest BCUT2D eigenvalue weighted by atomic mass is 16.3. The van der Waals surface area contributed by atoms with Gasteiger partial charge in [0.05, 0.1) is 5.56 Å². The molecule has 6 rings (SSSR count). The Hall–Kier alpha value is -3.39. The van der Waals surface area contributed by atoms with Crippen molar-refractivity contribution in [2.45, 2.75) is 59.8 Å². The number of hydrogen-bond donors (Lipinski definition) is 0. The van der Waals surface area contributed by atoms with Crippen LogP contribution in [0.2, 0.25) is 0 Å². The van der Waals surface area contributed by atoms with Crippen molar-refractivity contribution < 1.29 is 8.98 Å². The van der Waals surface area contributed by atoms with Gasteiger partial charge in [-0.25, -0.2) is 4.57 Å². The number of nitrogens with zero attached hydrogens (tertiary/aromatic N) is 1. The van der Waals surface area contributed by atoms with Gasteiger partial charge in [-0.2, -0.15) is 0 Å². The van der Waals surface area contributed by atoms with Crippen LogP contribution in [-0.2, 0) is 25.3 Å². The molecular weight excluding hydrogens is 438 g/mol. The van der Waals surface area contributed by atoms with Crippen LogP contribution >= 0.6 is 0 Å². The van der Waals surface area contributed by atoms with Crippen LogP contribution in [0.25, 0.3) is 44.3 Å². The molecule has 0 amide bonds. The van der Waals surface area contributed by atoms with E-state index in [0.717, 1.165) is 24.0 Å². The minimum Gasteiger partial charge on any atom is -0.454 e. The van der Waals surface area contributed by atoms with Gasteiger partial charge >= 0.3 is 0 Å². The van der Waals surface area contributed by atoms with Crippen LogP contribution in [0.5, 0.6) is 0 Å². The van der Waals surface area contributed by atoms with E-state index in [1.807, 2.05) is 0 Å². The molecule has 0 aliphatic heterocycles. The van der Waals surface area contributed by atoms with E-state index in [-0.39, 0.29) is 10.8 Å². The second kappa shape index (κ2) is 7.80. The van der Waals surface area contributed by atoms with Crippen LogP contribution in [0.15, 0.2) is 71.3 Å². The first-order valence-electron chi connectivity index (χ1n) is 13.1. The third kappa shape index (κ3) is 3.50. The molecule has 0 radical (unpaired) electrons. The van der Waals surface area contributed by atoms with Crippen LogP contribution < -0.4 is 4.57 Å². The molecule has 0 saturated heterocycles. The molecule has 2 aromatic heterocycles. The van der Waals surface area contributed by atoms with Crippen molar-refractivity contribution in [3.8, 4) is 22.4 Å². The average Bonchev–Trinajstić information content (AvgIpc) is 3.34. The highest BCUT2D eigenvalue weighted by molar-refractivity contribution is 6.13. The zero-order valence-corrected chi connectivity index (χ0v) is 22.6. The predicted molar refractivity (Wildman–Crippen MR) is 150 cm³/mol. The molecule has 2 nitrogen and oxygen atoms in total. The summed E-state index contributed by atoms with van der Waals surface area (Å²) < 4.78 is 9.03. The zero-order chi connectivity index (χ0) is 25.4. The fourth-order valence-electron chi connectivity index (χ4n) is 6.35. The third-order valence-electron chi connectivity index (χ3n) is 8.03. The van der Waals surface area contributed by atoms with Crippen LogP contribution in [-0.4, -0.2) is 0 Å². The fourth-order valence-corrected chi connectivity index (χ4v) is 6.35. The second-order valence-corrected chi connectivity index (χ2v) is 12.5. The van der Waals surface area contributed by atoms with E-state index >= 15 is 0 Å². The molecule has 5 aromatic rings. The summed E-state index contributed by atoms with van der Waals surface area (Å²) in [6.45, 7) is 14.0. The molecule has 2 heteroatoms. The summed E-state index contributed by atoms with van der Waals surface area (Å²) in [6.07, 6.45) is 4.33. The van der Waals surface area contributed by atoms with Crippen molar-refractivity contribution in [3.05, 3.63) is 89.1 Å². The van der Waals surface area contributed by atoms with Crippen molar-refractivity contribution >= 4 is 21.9 Å². The molecule has 3 aromatic carbocycles. The monoisotopic (exact) mass is 474 g/mol. The van der Waals surface area contributed by atoms with E-state index in [4.69, 9.17) is 4.42 Å². The summed E-state index contributed by atoms with van der Waals surface area (Å²) in [5.74, 6) is 0. The Kier molecular flexibility index (Phi) is 4.99. The molecule has 0 bridgehead atoms. The number of furan rings is 1. The van der Waals surface area contributed by atoms with Gasteiger partial charge in [0, 0.05) is 28.5 Å². The largest absolute Gasteiger partial charge is 0.454 e. The SMILES string of the molecule is Cc1ccc2c(oc3c(-c4ccc(C(C)(C)C)c5c4CC(C)(C)C5)cccc32)c1-c1cccc[n+]1C. The maximum absolute atomic E-state index is 6.86. The lowest BCUT2D eigenvalue weighted by Crippen LogP contribution is -2.30. The number of pyridine rings is 1. The molecule has 0 unspecified atom stereocenters. The summed E-state index contributed by atoms with van der Waals surface area (Å²) in [7, 11) is 2.10. The van der Waals surface area contributed by atoms with E-state index in [9.17, 15) is 0 Å². The van der Waals surface area contributed by atoms with Gasteiger partial charge in [0.25, 0.3) is 0 Å². The first-order chi connectivity index (χ1) is 17.0. The lowest BCUT2D eigenvalue weighted by atomic mass is 9.80. The molecule has 2 heterocycles. The van der Waals surface area contributed by atoms with Crippen LogP contribution in [0.4, 0.5) is 0 Å². The molecular formula is C34H36NO+. The van der Waals surface area contributed by atoms with E-state index in [1.54, 1.807) is 5.56 Å². The molecule has 0 spiro atoms. The Morgan fingerprint density at radius 2 is 1.53 bits per heavy atom. The standard InChI is InChI=1S/C34H36NO/c1-21-14-15-25-24-12-10-11-23(31(24)36-32(25)30(21)29-13-8-9-18-35(29)7)22-16-17-28(33(2,3)4)27-20-34(5,6)19-26(22)27/h8-18H,19-20H2,1-7H3/q+1. The van der Waals surface area contributed by atoms with Crippen molar-refractivity contribution in [2.75, 3.05) is 0 Å². The molecule has 182 valence electrons. The Balaban J connectivity index is 1.65. The maximum Gasteiger partial charge on any atom is 0.216 e. The average molecular weight is 475 g/mol. The number of aromatic nitrogens is 1. The van der Waals surface area contributed by atoms with Crippen LogP contribution in [0.3, 0.4) is 0 Å². The van der Waals surface area contributed by atoms with Gasteiger partial charge < -0.3 is 4.42 Å². The topological polar surface area (TPSA) is 17.0 Å². The quantitative estimate of drug-likeness (QED) is 0.234. The zero-order valence-electron chi connectivity index (χ0n) is 22.6. The number of para-hydroxylation sites is 1. The fraction of sp³-hybridized carbons (Fsp3) is 0.324. The minimum atomic E-state index is 0.131. The lowest BCUT2D eigenvalue weighted by molar-refractivity contribution is -0.660. The smallest absolute Gasteiger partial charge is 0.216 e. The predicted octanol–water partition coefficient (Wildman–Crippen LogP) is 8.48. The molecule has 1 aliphatic rings. The first kappa shape index (κ1) is 23.0. The number of aryl methyl sites for hydroxylation is 2. The van der Waals surface area contributed by atoms with E-state index < -0.39 is 0 Å². The van der Waals surface area contributed by atoms with Gasteiger partial charge in [-0.15, -0.1) is 0 Å². The summed E-state index contributed by atoms with van der Waals surface area (Å²) in [4.78, 5) is 0. The van der Waals surface area contributed by atoms with Crippen LogP contribution in [0.1, 0.15) is 56.9 Å². The third-order valence-corrected chi connectivity index (χ3v) is 8.03. The van der Waals surface area contributed by atoms with Crippen molar-refractivity contribution in [3.63, 3.8) is 0 Å². The molecule has 1 aliphatic carbocycles. The molecule has 36 heavy (non-hydrogen) atoms. The highest BCUT2D eigenvalue weighted by Gasteiger charge is 2.35. The normalized spacial score (nSPS) is 15.1. The maximum atomic E-state index is 6.86. The molecule has 0 saturated carbocycles. The Labute approximate surface area is 214 Å². The highest BCUT2D eigenvalue weighted by Crippen LogP contribution is 2.47. The van der Waals surface area contributed by atoms with Gasteiger partial charge in [-0.1, -0.05) is 77.1 Å². The van der Waals surface area contributed by atoms with Gasteiger partial charge in [-0.3, -0.25) is 0 Å². The number of hydrogen-bond acceptors (Lipinski definition) is 1. The first-order valence-corrected chi connectivity index (χ1v) is 13.1. The molecule has 0 N–H and O–H groups in total. The molecule has 0 atom stereocenters. The second-order valence-electron chi connectivity index (χ2n) is 12.5. The van der Waals surface area contributed by atoms with Gasteiger partial charge in [0.1, 0.15) is 18.2 Å². The molecule has 0 fully saturated rings. The summed E-state index contributed by atoms with van der Waals surface area (Å²) in [5.41, 5.74) is 13.0. The van der Waals surface area contributed by atoms with E-state index in [1.165, 1.54) is 49.8 Å². The van der Waals surface area contributed by atoms with Gasteiger partial charge in [0.2, 0.25) is 5.69 Å². The Bertz CT molecular complexity index is 1660. The van der Waals surface area contributed by atoms with Gasteiger partial charge in [0.15, 0.2) is 6.20 Å². The summed E-state index contributed by atoms with van der Waals surface area (Å²) >= 11 is 0. The Morgan fingerprint density at radius 1 is 0.778 bits per heavy atom. The minimum absolute atomic E-state index is 0.131. The summed E-state index contributed by atoms with van der Waals surface area (Å²) in [5, 5.41) is 2.37. The number of rotatable bonds is 2. The number of fused-ring (bicyclic) bond motifs is 4.